The van der Waals surface area contributed by atoms with Crippen LogP contribution in [0.15, 0.2) is 66.9 Å². The van der Waals surface area contributed by atoms with Crippen LogP contribution in [0.5, 0.6) is 0 Å². The standard InChI is InChI=1S/C22H24N4S/c27-22(21-17-26(24-23-21)16-20-9-5-2-6-10-20)25-13-11-19(12-14-25)15-18-7-3-1-4-8-18/h1-10,17,19H,11-16H2. The summed E-state index contributed by atoms with van der Waals surface area (Å²) in [5.74, 6) is 0.736. The first-order chi connectivity index (χ1) is 13.3. The zero-order chi connectivity index (χ0) is 18.5. The Balaban J connectivity index is 1.32. The van der Waals surface area contributed by atoms with Crippen LogP contribution < -0.4 is 0 Å². The lowest BCUT2D eigenvalue weighted by Gasteiger charge is -2.33. The van der Waals surface area contributed by atoms with E-state index in [1.807, 2.05) is 29.1 Å². The second kappa shape index (κ2) is 8.44. The number of thiocarbonyl (C=S) groups is 1. The van der Waals surface area contributed by atoms with E-state index in [2.05, 4.69) is 57.7 Å². The Bertz CT molecular complexity index is 868. The Kier molecular flexibility index (Phi) is 5.58. The third-order valence-corrected chi connectivity index (χ3v) is 5.68. The van der Waals surface area contributed by atoms with Crippen LogP contribution in [0, 0.1) is 5.92 Å². The fourth-order valence-corrected chi connectivity index (χ4v) is 3.97. The van der Waals surface area contributed by atoms with Gasteiger partial charge in [0, 0.05) is 13.1 Å². The average Bonchev–Trinajstić information content (AvgIpc) is 3.18. The van der Waals surface area contributed by atoms with E-state index in [1.165, 1.54) is 24.0 Å². The van der Waals surface area contributed by atoms with Crippen molar-refractivity contribution in [1.82, 2.24) is 19.9 Å². The highest BCUT2D eigenvalue weighted by molar-refractivity contribution is 7.80. The van der Waals surface area contributed by atoms with Crippen molar-refractivity contribution in [2.24, 2.45) is 5.92 Å². The smallest absolute Gasteiger partial charge is 0.140 e. The molecule has 1 aliphatic heterocycles. The first-order valence-electron chi connectivity index (χ1n) is 9.55. The molecule has 4 nitrogen and oxygen atoms in total. The normalized spacial score (nSPS) is 15.0. The Morgan fingerprint density at radius 2 is 1.56 bits per heavy atom. The predicted molar refractivity (Wildman–Crippen MR) is 112 cm³/mol. The SMILES string of the molecule is S=C(c1cn(Cc2ccccc2)nn1)N1CCC(Cc2ccccc2)CC1. The molecule has 0 unspecified atom stereocenters. The molecule has 0 radical (unpaired) electrons. The number of hydrogen-bond donors (Lipinski definition) is 0. The summed E-state index contributed by atoms with van der Waals surface area (Å²) in [6.07, 6.45) is 5.47. The van der Waals surface area contributed by atoms with Crippen molar-refractivity contribution >= 4 is 17.2 Å². The first kappa shape index (κ1) is 17.9. The lowest BCUT2D eigenvalue weighted by Crippen LogP contribution is -2.38. The molecule has 0 N–H and O–H groups in total. The topological polar surface area (TPSA) is 34.0 Å². The zero-order valence-electron chi connectivity index (χ0n) is 15.4. The number of hydrogen-bond acceptors (Lipinski definition) is 3. The van der Waals surface area contributed by atoms with Gasteiger partial charge in [-0.05, 0) is 36.3 Å². The lowest BCUT2D eigenvalue weighted by molar-refractivity contribution is 0.268. The van der Waals surface area contributed by atoms with E-state index >= 15 is 0 Å². The Labute approximate surface area is 165 Å². The van der Waals surface area contributed by atoms with E-state index in [0.29, 0.717) is 0 Å². The van der Waals surface area contributed by atoms with Crippen molar-refractivity contribution in [3.63, 3.8) is 0 Å². The third-order valence-electron chi connectivity index (χ3n) is 5.21. The molecule has 1 aliphatic rings. The van der Waals surface area contributed by atoms with Gasteiger partial charge in [-0.25, -0.2) is 4.68 Å². The molecule has 138 valence electrons. The van der Waals surface area contributed by atoms with E-state index in [-0.39, 0.29) is 0 Å². The lowest BCUT2D eigenvalue weighted by atomic mass is 9.90. The molecular weight excluding hydrogens is 352 g/mol. The average molecular weight is 377 g/mol. The number of aromatic nitrogens is 3. The van der Waals surface area contributed by atoms with Gasteiger partial charge in [0.2, 0.25) is 0 Å². The maximum absolute atomic E-state index is 5.70. The summed E-state index contributed by atoms with van der Waals surface area (Å²) in [6, 6.07) is 21.1. The largest absolute Gasteiger partial charge is 0.361 e. The fourth-order valence-electron chi connectivity index (χ4n) is 3.69. The molecule has 0 atom stereocenters. The van der Waals surface area contributed by atoms with Crippen molar-refractivity contribution in [2.75, 3.05) is 13.1 Å². The Morgan fingerprint density at radius 3 is 2.22 bits per heavy atom. The molecule has 0 bridgehead atoms. The number of rotatable bonds is 5. The van der Waals surface area contributed by atoms with Gasteiger partial charge in [-0.15, -0.1) is 5.10 Å². The van der Waals surface area contributed by atoms with E-state index in [9.17, 15) is 0 Å². The monoisotopic (exact) mass is 376 g/mol. The van der Waals surface area contributed by atoms with E-state index < -0.39 is 0 Å². The summed E-state index contributed by atoms with van der Waals surface area (Å²) < 4.78 is 1.86. The molecule has 2 heterocycles. The van der Waals surface area contributed by atoms with Crippen LogP contribution in [0.4, 0.5) is 0 Å². The van der Waals surface area contributed by atoms with Gasteiger partial charge in [-0.1, -0.05) is 78.1 Å². The van der Waals surface area contributed by atoms with Gasteiger partial charge in [0.1, 0.15) is 10.7 Å². The summed E-state index contributed by atoms with van der Waals surface area (Å²) in [4.78, 5) is 3.11. The van der Waals surface area contributed by atoms with Crippen molar-refractivity contribution in [2.45, 2.75) is 25.8 Å². The summed E-state index contributed by atoms with van der Waals surface area (Å²) in [5, 5.41) is 8.56. The van der Waals surface area contributed by atoms with Gasteiger partial charge in [0.15, 0.2) is 0 Å². The predicted octanol–water partition coefficient (Wildman–Crippen LogP) is 3.96. The Morgan fingerprint density at radius 1 is 0.926 bits per heavy atom. The van der Waals surface area contributed by atoms with Gasteiger partial charge in [-0.2, -0.15) is 0 Å². The minimum absolute atomic E-state index is 0.718. The van der Waals surface area contributed by atoms with E-state index in [1.54, 1.807) is 0 Å². The molecule has 0 spiro atoms. The van der Waals surface area contributed by atoms with Crippen LogP contribution in [0.25, 0.3) is 0 Å². The highest BCUT2D eigenvalue weighted by Crippen LogP contribution is 2.23. The van der Waals surface area contributed by atoms with Gasteiger partial charge in [0.25, 0.3) is 0 Å². The van der Waals surface area contributed by atoms with E-state index in [0.717, 1.165) is 42.7 Å². The molecule has 0 amide bonds. The second-order valence-corrected chi connectivity index (χ2v) is 7.60. The first-order valence-corrected chi connectivity index (χ1v) is 9.96. The van der Waals surface area contributed by atoms with E-state index in [4.69, 9.17) is 12.2 Å². The summed E-state index contributed by atoms with van der Waals surface area (Å²) in [5.41, 5.74) is 3.45. The molecule has 0 saturated carbocycles. The molecule has 1 aromatic heterocycles. The van der Waals surface area contributed by atoms with Crippen LogP contribution in [0.1, 0.15) is 29.7 Å². The van der Waals surface area contributed by atoms with Crippen LogP contribution in [-0.4, -0.2) is 38.0 Å². The molecule has 3 aromatic rings. The molecule has 27 heavy (non-hydrogen) atoms. The number of likely N-dealkylation sites (tertiary alicyclic amines) is 1. The minimum Gasteiger partial charge on any atom is -0.361 e. The highest BCUT2D eigenvalue weighted by Gasteiger charge is 2.23. The molecule has 5 heteroatoms. The van der Waals surface area contributed by atoms with Gasteiger partial charge >= 0.3 is 0 Å². The van der Waals surface area contributed by atoms with Gasteiger partial charge < -0.3 is 4.90 Å². The maximum Gasteiger partial charge on any atom is 0.140 e. The van der Waals surface area contributed by atoms with Crippen LogP contribution in [-0.2, 0) is 13.0 Å². The van der Waals surface area contributed by atoms with Crippen molar-refractivity contribution in [3.8, 4) is 0 Å². The molecule has 0 aliphatic carbocycles. The molecule has 1 fully saturated rings. The summed E-state index contributed by atoms with van der Waals surface area (Å²) >= 11 is 5.70. The number of nitrogens with zero attached hydrogens (tertiary/aromatic N) is 4. The highest BCUT2D eigenvalue weighted by atomic mass is 32.1. The number of benzene rings is 2. The molecule has 2 aromatic carbocycles. The molecular formula is C22H24N4S. The zero-order valence-corrected chi connectivity index (χ0v) is 16.2. The van der Waals surface area contributed by atoms with Crippen LogP contribution in [0.2, 0.25) is 0 Å². The van der Waals surface area contributed by atoms with Crippen molar-refractivity contribution < 1.29 is 0 Å². The van der Waals surface area contributed by atoms with Crippen molar-refractivity contribution in [3.05, 3.63) is 83.7 Å². The minimum atomic E-state index is 0.718. The fraction of sp³-hybridized carbons (Fsp3) is 0.318. The quantitative estimate of drug-likeness (QED) is 0.631. The molecule has 4 rings (SSSR count). The van der Waals surface area contributed by atoms with Crippen molar-refractivity contribution in [1.29, 1.82) is 0 Å². The maximum atomic E-state index is 5.70. The second-order valence-electron chi connectivity index (χ2n) is 7.21. The van der Waals surface area contributed by atoms with Gasteiger partial charge in [-0.3, -0.25) is 0 Å². The molecule has 1 saturated heterocycles. The number of piperidine rings is 1. The van der Waals surface area contributed by atoms with Crippen LogP contribution in [0.3, 0.4) is 0 Å². The van der Waals surface area contributed by atoms with Gasteiger partial charge in [0.05, 0.1) is 12.7 Å². The summed E-state index contributed by atoms with van der Waals surface area (Å²) in [6.45, 7) is 2.72. The Hall–Kier alpha value is -2.53. The van der Waals surface area contributed by atoms with Crippen LogP contribution >= 0.6 is 12.2 Å². The third kappa shape index (κ3) is 4.61. The summed E-state index contributed by atoms with van der Waals surface area (Å²) in [7, 11) is 0.